The van der Waals surface area contributed by atoms with Gasteiger partial charge < -0.3 is 30.2 Å². The molecule has 1 aliphatic carbocycles. The van der Waals surface area contributed by atoms with Crippen LogP contribution in [0.1, 0.15) is 71.8 Å². The molecule has 10 heteroatoms. The molecule has 2 fully saturated rings. The second kappa shape index (κ2) is 15.0. The van der Waals surface area contributed by atoms with Gasteiger partial charge in [-0.05, 0) is 96.9 Å². The van der Waals surface area contributed by atoms with Crippen LogP contribution < -0.4 is 16.0 Å². The van der Waals surface area contributed by atoms with Crippen molar-refractivity contribution in [2.45, 2.75) is 96.9 Å². The lowest BCUT2D eigenvalue weighted by molar-refractivity contribution is -0.168. The highest BCUT2D eigenvalue weighted by Crippen LogP contribution is 2.31. The van der Waals surface area contributed by atoms with E-state index in [2.05, 4.69) is 46.9 Å². The van der Waals surface area contributed by atoms with Crippen molar-refractivity contribution in [1.82, 2.24) is 15.3 Å². The fraction of sp³-hybridized carbons (Fsp3) is 0.636. The Kier molecular flexibility index (Phi) is 11.4. The van der Waals surface area contributed by atoms with Gasteiger partial charge in [0.2, 0.25) is 0 Å². The molecule has 43 heavy (non-hydrogen) atoms. The summed E-state index contributed by atoms with van der Waals surface area (Å²) in [6.45, 7) is 12.0. The topological polar surface area (TPSA) is 130 Å². The van der Waals surface area contributed by atoms with E-state index in [1.165, 1.54) is 0 Å². The number of aromatic nitrogens is 2. The molecule has 0 unspecified atom stereocenters. The zero-order chi connectivity index (χ0) is 30.9. The molecule has 0 amide bonds. The number of carbonyl (C=O) groups excluding carboxylic acids is 1. The number of nitrogens with one attached hydrogen (secondary N) is 3. The van der Waals surface area contributed by atoms with E-state index >= 15 is 0 Å². The van der Waals surface area contributed by atoms with Gasteiger partial charge in [-0.2, -0.15) is 5.26 Å². The summed E-state index contributed by atoms with van der Waals surface area (Å²) in [5.41, 5.74) is 1.61. The first-order valence-electron chi connectivity index (χ1n) is 15.6. The van der Waals surface area contributed by atoms with Crippen LogP contribution in [0.25, 0.3) is 11.3 Å². The van der Waals surface area contributed by atoms with E-state index in [0.717, 1.165) is 67.0 Å². The van der Waals surface area contributed by atoms with Crippen LogP contribution >= 0.6 is 0 Å². The molecule has 3 N–H and O–H groups in total. The van der Waals surface area contributed by atoms with Gasteiger partial charge in [0, 0.05) is 49.6 Å². The maximum Gasteiger partial charge on any atom is 0.337 e. The highest BCUT2D eigenvalue weighted by molar-refractivity contribution is 5.78. The van der Waals surface area contributed by atoms with E-state index in [1.807, 2.05) is 24.4 Å². The van der Waals surface area contributed by atoms with Gasteiger partial charge in [-0.3, -0.25) is 0 Å². The van der Waals surface area contributed by atoms with Crippen LogP contribution in [0.2, 0.25) is 0 Å². The van der Waals surface area contributed by atoms with E-state index in [4.69, 9.17) is 19.2 Å². The minimum Gasteiger partial charge on any atom is -0.464 e. The molecule has 0 aromatic carbocycles. The maximum atomic E-state index is 12.1. The number of esters is 1. The quantitative estimate of drug-likeness (QED) is 0.265. The van der Waals surface area contributed by atoms with Gasteiger partial charge in [0.25, 0.3) is 0 Å². The molecule has 0 spiro atoms. The molecular formula is C33H48N6O4. The van der Waals surface area contributed by atoms with Crippen molar-refractivity contribution in [1.29, 1.82) is 5.26 Å². The molecular weight excluding hydrogens is 544 g/mol. The summed E-state index contributed by atoms with van der Waals surface area (Å²) in [6, 6.07) is 11.4. The summed E-state index contributed by atoms with van der Waals surface area (Å²) in [6.07, 6.45) is 7.53. The number of anilines is 2. The van der Waals surface area contributed by atoms with Crippen LogP contribution in [-0.2, 0) is 19.0 Å². The Labute approximate surface area is 256 Å². The number of hydrogen-bond acceptors (Lipinski definition) is 10. The lowest BCUT2D eigenvalue weighted by Gasteiger charge is -2.33. The molecule has 1 atom stereocenters. The molecule has 0 radical (unpaired) electrons. The fourth-order valence-electron chi connectivity index (χ4n) is 5.67. The fourth-order valence-corrected chi connectivity index (χ4v) is 5.67. The summed E-state index contributed by atoms with van der Waals surface area (Å²) >= 11 is 0. The number of carbonyl (C=O) groups is 1. The Bertz CT molecular complexity index is 1250. The number of nitriles is 1. The molecule has 0 bridgehead atoms. The summed E-state index contributed by atoms with van der Waals surface area (Å²) in [7, 11) is 0. The second-order valence-electron chi connectivity index (χ2n) is 12.5. The largest absolute Gasteiger partial charge is 0.464 e. The SMILES string of the molecule is CCOC(=O)C(C)(C)OC[C@H](C)NC1CCC(Nc2cc(-c3cccc(NCC4(C#N)CCOCC4)n3)c(C)cn2)CC1. The Balaban J connectivity index is 1.28. The van der Waals surface area contributed by atoms with Gasteiger partial charge >= 0.3 is 5.97 Å². The number of aryl methyl sites for hydroxylation is 1. The molecule has 234 valence electrons. The van der Waals surface area contributed by atoms with Crippen molar-refractivity contribution in [2.75, 3.05) is 43.6 Å². The smallest absolute Gasteiger partial charge is 0.337 e. The van der Waals surface area contributed by atoms with Crippen molar-refractivity contribution < 1.29 is 19.0 Å². The zero-order valence-electron chi connectivity index (χ0n) is 26.4. The zero-order valence-corrected chi connectivity index (χ0v) is 26.4. The number of rotatable bonds is 13. The molecule has 1 saturated heterocycles. The average molecular weight is 593 g/mol. The van der Waals surface area contributed by atoms with E-state index < -0.39 is 11.0 Å². The maximum absolute atomic E-state index is 12.1. The van der Waals surface area contributed by atoms with Crippen molar-refractivity contribution in [3.05, 3.63) is 36.0 Å². The van der Waals surface area contributed by atoms with Crippen molar-refractivity contribution in [2.24, 2.45) is 5.41 Å². The summed E-state index contributed by atoms with van der Waals surface area (Å²) in [5, 5.41) is 20.5. The summed E-state index contributed by atoms with van der Waals surface area (Å²) in [5.74, 6) is 1.28. The first-order chi connectivity index (χ1) is 20.6. The lowest BCUT2D eigenvalue weighted by atomic mass is 9.82. The Hall–Kier alpha value is -3.26. The van der Waals surface area contributed by atoms with E-state index in [1.54, 1.807) is 20.8 Å². The highest BCUT2D eigenvalue weighted by Gasteiger charge is 2.33. The normalized spacial score (nSPS) is 20.9. The van der Waals surface area contributed by atoms with E-state index in [-0.39, 0.29) is 12.0 Å². The third kappa shape index (κ3) is 9.12. The van der Waals surface area contributed by atoms with Crippen LogP contribution in [0.15, 0.2) is 30.5 Å². The minimum absolute atomic E-state index is 0.129. The van der Waals surface area contributed by atoms with Crippen LogP contribution in [0, 0.1) is 23.7 Å². The van der Waals surface area contributed by atoms with Crippen molar-refractivity contribution >= 4 is 17.6 Å². The molecule has 3 heterocycles. The Morgan fingerprint density at radius 2 is 1.91 bits per heavy atom. The van der Waals surface area contributed by atoms with Crippen molar-refractivity contribution in [3.8, 4) is 17.3 Å². The lowest BCUT2D eigenvalue weighted by Crippen LogP contribution is -2.45. The summed E-state index contributed by atoms with van der Waals surface area (Å²) < 4.78 is 16.5. The van der Waals surface area contributed by atoms with Gasteiger partial charge in [0.05, 0.1) is 30.4 Å². The molecule has 2 aromatic rings. The minimum atomic E-state index is -0.953. The Morgan fingerprint density at radius 3 is 2.60 bits per heavy atom. The second-order valence-corrected chi connectivity index (χ2v) is 12.5. The van der Waals surface area contributed by atoms with Crippen LogP contribution in [0.4, 0.5) is 11.6 Å². The molecule has 10 nitrogen and oxygen atoms in total. The van der Waals surface area contributed by atoms with Gasteiger partial charge in [-0.15, -0.1) is 0 Å². The van der Waals surface area contributed by atoms with Crippen LogP contribution in [-0.4, -0.2) is 72.6 Å². The standard InChI is InChI=1S/C33H48N6O4/c1-6-42-31(40)32(4,5)43-20-24(3)37-25-10-12-26(13-11-25)38-30-18-27(23(2)19-35-30)28-8-7-9-29(39-28)36-22-33(21-34)14-16-41-17-15-33/h7-9,18-19,24-26,37H,6,10-17,20,22H2,1-5H3,(H,35,38)(H,36,39)/t24-,25?,26?/m0/s1. The molecule has 2 aromatic heterocycles. The highest BCUT2D eigenvalue weighted by atomic mass is 16.6. The predicted octanol–water partition coefficient (Wildman–Crippen LogP) is 5.24. The average Bonchev–Trinajstić information content (AvgIpc) is 3.02. The first kappa shape index (κ1) is 32.6. The first-order valence-corrected chi connectivity index (χ1v) is 15.6. The van der Waals surface area contributed by atoms with Gasteiger partial charge in [-0.25, -0.2) is 14.8 Å². The van der Waals surface area contributed by atoms with Crippen LogP contribution in [0.3, 0.4) is 0 Å². The Morgan fingerprint density at radius 1 is 1.19 bits per heavy atom. The number of pyridine rings is 2. The number of nitrogens with zero attached hydrogens (tertiary/aromatic N) is 3. The van der Waals surface area contributed by atoms with Crippen LogP contribution in [0.5, 0.6) is 0 Å². The third-order valence-electron chi connectivity index (χ3n) is 8.48. The monoisotopic (exact) mass is 592 g/mol. The predicted molar refractivity (Wildman–Crippen MR) is 168 cm³/mol. The van der Waals surface area contributed by atoms with Gasteiger partial charge in [0.15, 0.2) is 5.60 Å². The van der Waals surface area contributed by atoms with Gasteiger partial charge in [0.1, 0.15) is 11.6 Å². The number of hydrogen-bond donors (Lipinski definition) is 3. The molecule has 2 aliphatic rings. The van der Waals surface area contributed by atoms with Gasteiger partial charge in [-0.1, -0.05) is 6.07 Å². The van der Waals surface area contributed by atoms with Crippen molar-refractivity contribution in [3.63, 3.8) is 0 Å². The molecule has 1 aliphatic heterocycles. The number of ether oxygens (including phenoxy) is 3. The molecule has 4 rings (SSSR count). The third-order valence-corrected chi connectivity index (χ3v) is 8.48. The molecule has 1 saturated carbocycles. The van der Waals surface area contributed by atoms with E-state index in [9.17, 15) is 10.1 Å². The van der Waals surface area contributed by atoms with E-state index in [0.29, 0.717) is 45.1 Å². The summed E-state index contributed by atoms with van der Waals surface area (Å²) in [4.78, 5) is 21.6.